The van der Waals surface area contributed by atoms with E-state index in [0.29, 0.717) is 17.3 Å². The summed E-state index contributed by atoms with van der Waals surface area (Å²) in [6.45, 7) is 0. The molecule has 0 bridgehead atoms. The van der Waals surface area contributed by atoms with Gasteiger partial charge in [0.1, 0.15) is 5.88 Å². The lowest BCUT2D eigenvalue weighted by atomic mass is 10.4. The van der Waals surface area contributed by atoms with Gasteiger partial charge in [-0.25, -0.2) is 4.98 Å². The maximum absolute atomic E-state index is 11.0. The van der Waals surface area contributed by atoms with Crippen LogP contribution in [0.3, 0.4) is 0 Å². The Kier molecular flexibility index (Phi) is 4.17. The smallest absolute Gasteiger partial charge is 0.256 e. The Morgan fingerprint density at radius 2 is 2.27 bits per heavy atom. The molecule has 0 saturated carbocycles. The van der Waals surface area contributed by atoms with Crippen molar-refractivity contribution in [1.29, 1.82) is 0 Å². The molecule has 5 nitrogen and oxygen atoms in total. The second-order valence-corrected chi connectivity index (χ2v) is 2.88. The molecular formula is C9H11ClN2O3. The lowest BCUT2D eigenvalue weighted by Crippen LogP contribution is -2.12. The number of rotatable bonds is 4. The number of ether oxygens (including phenoxy) is 2. The van der Waals surface area contributed by atoms with Crippen LogP contribution in [0.2, 0.25) is 0 Å². The topological polar surface area (TPSA) is 60.5 Å². The number of carbonyl (C=O) groups excluding carboxylic acids is 1. The monoisotopic (exact) mass is 230 g/mol. The van der Waals surface area contributed by atoms with E-state index in [9.17, 15) is 4.79 Å². The van der Waals surface area contributed by atoms with Crippen molar-refractivity contribution in [2.75, 3.05) is 25.4 Å². The number of pyridine rings is 1. The molecule has 82 valence electrons. The largest absolute Gasteiger partial charge is 0.491 e. The van der Waals surface area contributed by atoms with Crippen molar-refractivity contribution in [3.8, 4) is 11.6 Å². The summed E-state index contributed by atoms with van der Waals surface area (Å²) in [7, 11) is 2.98. The van der Waals surface area contributed by atoms with E-state index >= 15 is 0 Å². The minimum atomic E-state index is -0.300. The summed E-state index contributed by atoms with van der Waals surface area (Å²) in [6, 6.07) is 1.61. The van der Waals surface area contributed by atoms with Crippen molar-refractivity contribution in [3.05, 3.63) is 12.3 Å². The van der Waals surface area contributed by atoms with E-state index in [0.717, 1.165) is 0 Å². The fourth-order valence-corrected chi connectivity index (χ4v) is 1.06. The van der Waals surface area contributed by atoms with Gasteiger partial charge in [-0.2, -0.15) is 0 Å². The number of nitrogens with one attached hydrogen (secondary N) is 1. The standard InChI is InChI=1S/C9H11ClN2O3/c1-14-7-3-6(12-8(13)4-10)5-11-9(7)15-2/h3,5H,4H2,1-2H3,(H,12,13). The van der Waals surface area contributed by atoms with Gasteiger partial charge in [0.05, 0.1) is 26.1 Å². The zero-order chi connectivity index (χ0) is 11.3. The molecule has 0 fully saturated rings. The molecule has 0 aliphatic rings. The molecule has 0 radical (unpaired) electrons. The Morgan fingerprint density at radius 3 is 2.80 bits per heavy atom. The molecule has 15 heavy (non-hydrogen) atoms. The number of amides is 1. The third-order valence-electron chi connectivity index (χ3n) is 1.64. The number of anilines is 1. The zero-order valence-electron chi connectivity index (χ0n) is 8.41. The first-order valence-electron chi connectivity index (χ1n) is 4.15. The summed E-state index contributed by atoms with van der Waals surface area (Å²) < 4.78 is 9.97. The van der Waals surface area contributed by atoms with Gasteiger partial charge in [-0.3, -0.25) is 4.79 Å². The quantitative estimate of drug-likeness (QED) is 0.792. The van der Waals surface area contributed by atoms with Crippen LogP contribution in [0.1, 0.15) is 0 Å². The average Bonchev–Trinajstić information content (AvgIpc) is 2.28. The van der Waals surface area contributed by atoms with Crippen molar-refractivity contribution >= 4 is 23.2 Å². The lowest BCUT2D eigenvalue weighted by Gasteiger charge is -2.08. The number of hydrogen-bond acceptors (Lipinski definition) is 4. The Balaban J connectivity index is 2.88. The van der Waals surface area contributed by atoms with Gasteiger partial charge in [0, 0.05) is 6.07 Å². The third-order valence-corrected chi connectivity index (χ3v) is 1.88. The third kappa shape index (κ3) is 2.99. The minimum Gasteiger partial charge on any atom is -0.491 e. The van der Waals surface area contributed by atoms with Crippen LogP contribution in [-0.2, 0) is 4.79 Å². The summed E-state index contributed by atoms with van der Waals surface area (Å²) in [5.41, 5.74) is 0.512. The maximum Gasteiger partial charge on any atom is 0.256 e. The summed E-state index contributed by atoms with van der Waals surface area (Å²) in [6.07, 6.45) is 1.46. The van der Waals surface area contributed by atoms with Crippen molar-refractivity contribution < 1.29 is 14.3 Å². The number of alkyl halides is 1. The molecule has 6 heteroatoms. The summed E-state index contributed by atoms with van der Waals surface area (Å²) in [4.78, 5) is 14.9. The molecule has 0 atom stereocenters. The summed E-state index contributed by atoms with van der Waals surface area (Å²) in [5.74, 6) is 0.408. The normalized spacial score (nSPS) is 9.53. The van der Waals surface area contributed by atoms with Crippen molar-refractivity contribution in [2.45, 2.75) is 0 Å². The number of halogens is 1. The van der Waals surface area contributed by atoms with Gasteiger partial charge < -0.3 is 14.8 Å². The number of methoxy groups -OCH3 is 2. The first kappa shape index (κ1) is 11.6. The van der Waals surface area contributed by atoms with Crippen molar-refractivity contribution in [3.63, 3.8) is 0 Å². The SMILES string of the molecule is COc1cc(NC(=O)CCl)cnc1OC. The van der Waals surface area contributed by atoms with Crippen molar-refractivity contribution in [1.82, 2.24) is 4.98 Å². The van der Waals surface area contributed by atoms with E-state index in [1.54, 1.807) is 6.07 Å². The predicted molar refractivity (Wildman–Crippen MR) is 56.7 cm³/mol. The van der Waals surface area contributed by atoms with Crippen LogP contribution in [0, 0.1) is 0 Å². The van der Waals surface area contributed by atoms with E-state index in [1.165, 1.54) is 20.4 Å². The number of hydrogen-bond donors (Lipinski definition) is 1. The Hall–Kier alpha value is -1.49. The molecule has 1 heterocycles. The van der Waals surface area contributed by atoms with Gasteiger partial charge in [-0.1, -0.05) is 0 Å². The van der Waals surface area contributed by atoms with Crippen LogP contribution in [0.5, 0.6) is 11.6 Å². The lowest BCUT2D eigenvalue weighted by molar-refractivity contribution is -0.113. The van der Waals surface area contributed by atoms with E-state index in [4.69, 9.17) is 21.1 Å². The van der Waals surface area contributed by atoms with Gasteiger partial charge >= 0.3 is 0 Å². The highest BCUT2D eigenvalue weighted by Gasteiger charge is 2.07. The number of carbonyl (C=O) groups is 1. The molecule has 0 aromatic carbocycles. The molecule has 0 spiro atoms. The second kappa shape index (κ2) is 5.41. The second-order valence-electron chi connectivity index (χ2n) is 2.62. The number of nitrogens with zero attached hydrogens (tertiary/aromatic N) is 1. The Labute approximate surface area is 92.4 Å². The average molecular weight is 231 g/mol. The summed E-state index contributed by atoms with van der Waals surface area (Å²) >= 11 is 5.35. The van der Waals surface area contributed by atoms with Gasteiger partial charge in [-0.05, 0) is 0 Å². The van der Waals surface area contributed by atoms with Crippen LogP contribution >= 0.6 is 11.6 Å². The highest BCUT2D eigenvalue weighted by atomic mass is 35.5. The van der Waals surface area contributed by atoms with Crippen LogP contribution in [0.15, 0.2) is 12.3 Å². The molecule has 0 aliphatic carbocycles. The first-order chi connectivity index (χ1) is 7.21. The predicted octanol–water partition coefficient (Wildman–Crippen LogP) is 1.28. The van der Waals surface area contributed by atoms with Gasteiger partial charge in [0.25, 0.3) is 5.88 Å². The molecular weight excluding hydrogens is 220 g/mol. The van der Waals surface area contributed by atoms with E-state index in [-0.39, 0.29) is 11.8 Å². The van der Waals surface area contributed by atoms with Gasteiger partial charge in [-0.15, -0.1) is 11.6 Å². The van der Waals surface area contributed by atoms with Crippen LogP contribution in [0.4, 0.5) is 5.69 Å². The number of aromatic nitrogens is 1. The molecule has 0 unspecified atom stereocenters. The molecule has 1 amide bonds. The van der Waals surface area contributed by atoms with E-state index < -0.39 is 0 Å². The zero-order valence-corrected chi connectivity index (χ0v) is 9.17. The highest BCUT2D eigenvalue weighted by molar-refractivity contribution is 6.29. The Morgan fingerprint density at radius 1 is 1.53 bits per heavy atom. The molecule has 0 saturated heterocycles. The van der Waals surface area contributed by atoms with Gasteiger partial charge in [0.2, 0.25) is 5.91 Å². The Bertz CT molecular complexity index is 357. The molecule has 1 aromatic heterocycles. The fraction of sp³-hybridized carbons (Fsp3) is 0.333. The first-order valence-corrected chi connectivity index (χ1v) is 4.68. The molecule has 1 N–H and O–H groups in total. The van der Waals surface area contributed by atoms with Crippen LogP contribution in [-0.4, -0.2) is 31.0 Å². The van der Waals surface area contributed by atoms with Gasteiger partial charge in [0.15, 0.2) is 5.75 Å². The maximum atomic E-state index is 11.0. The molecule has 0 aliphatic heterocycles. The molecule has 1 rings (SSSR count). The molecule has 1 aromatic rings. The highest BCUT2D eigenvalue weighted by Crippen LogP contribution is 2.26. The van der Waals surface area contributed by atoms with Crippen LogP contribution < -0.4 is 14.8 Å². The van der Waals surface area contributed by atoms with E-state index in [1.807, 2.05) is 0 Å². The van der Waals surface area contributed by atoms with Crippen LogP contribution in [0.25, 0.3) is 0 Å². The minimum absolute atomic E-state index is 0.103. The van der Waals surface area contributed by atoms with Crippen molar-refractivity contribution in [2.24, 2.45) is 0 Å². The fourth-order valence-electron chi connectivity index (χ4n) is 0.994. The summed E-state index contributed by atoms with van der Waals surface area (Å²) in [5, 5.41) is 2.55. The van der Waals surface area contributed by atoms with E-state index in [2.05, 4.69) is 10.3 Å².